The second-order valence-corrected chi connectivity index (χ2v) is 5.61. The quantitative estimate of drug-likeness (QED) is 0.908. The van der Waals surface area contributed by atoms with Crippen LogP contribution in [0.5, 0.6) is 0 Å². The van der Waals surface area contributed by atoms with E-state index in [9.17, 15) is 0 Å². The molecule has 0 aromatic carbocycles. The third kappa shape index (κ3) is 2.87. The topological polar surface area (TPSA) is 95.7 Å². The van der Waals surface area contributed by atoms with Gasteiger partial charge in [-0.25, -0.2) is 4.68 Å². The standard InChI is InChI=1S/C13H20N6O/c1-9-2-4-10(5-3-9)13-15-12(20-17-13)8-19-7-11(6-14)16-18-19/h7,9-10H,2-6,8,14H2,1H3. The van der Waals surface area contributed by atoms with Gasteiger partial charge in [0.2, 0.25) is 5.89 Å². The Hall–Kier alpha value is -1.76. The second kappa shape index (κ2) is 5.70. The molecule has 2 aromatic rings. The molecule has 1 aliphatic rings. The van der Waals surface area contributed by atoms with E-state index in [4.69, 9.17) is 10.3 Å². The van der Waals surface area contributed by atoms with Crippen molar-refractivity contribution in [3.63, 3.8) is 0 Å². The van der Waals surface area contributed by atoms with Gasteiger partial charge in [0.1, 0.15) is 6.54 Å². The molecule has 20 heavy (non-hydrogen) atoms. The molecule has 0 radical (unpaired) electrons. The van der Waals surface area contributed by atoms with Crippen LogP contribution in [0.4, 0.5) is 0 Å². The van der Waals surface area contributed by atoms with Crippen molar-refractivity contribution in [2.75, 3.05) is 0 Å². The summed E-state index contributed by atoms with van der Waals surface area (Å²) in [5.41, 5.74) is 6.26. The predicted molar refractivity (Wildman–Crippen MR) is 71.7 cm³/mol. The zero-order chi connectivity index (χ0) is 13.9. The molecule has 0 saturated heterocycles. The fourth-order valence-corrected chi connectivity index (χ4v) is 2.66. The first-order chi connectivity index (χ1) is 9.74. The van der Waals surface area contributed by atoms with Gasteiger partial charge in [-0.2, -0.15) is 4.98 Å². The first-order valence-corrected chi connectivity index (χ1v) is 7.16. The van der Waals surface area contributed by atoms with Crippen LogP contribution in [0, 0.1) is 5.92 Å². The summed E-state index contributed by atoms with van der Waals surface area (Å²) in [5, 5.41) is 12.0. The van der Waals surface area contributed by atoms with Crippen LogP contribution in [0.3, 0.4) is 0 Å². The average Bonchev–Trinajstić information content (AvgIpc) is 3.09. The van der Waals surface area contributed by atoms with Gasteiger partial charge in [0.25, 0.3) is 0 Å². The van der Waals surface area contributed by atoms with Crippen LogP contribution < -0.4 is 5.73 Å². The van der Waals surface area contributed by atoms with Gasteiger partial charge in [0.05, 0.1) is 11.9 Å². The minimum atomic E-state index is 0.384. The van der Waals surface area contributed by atoms with Crippen LogP contribution in [0.25, 0.3) is 0 Å². The van der Waals surface area contributed by atoms with Crippen molar-refractivity contribution < 1.29 is 4.52 Å². The predicted octanol–water partition coefficient (Wildman–Crippen LogP) is 1.46. The van der Waals surface area contributed by atoms with E-state index in [1.165, 1.54) is 12.8 Å². The molecule has 1 aliphatic carbocycles. The van der Waals surface area contributed by atoms with Crippen molar-refractivity contribution in [3.8, 4) is 0 Å². The number of rotatable bonds is 4. The Bertz CT molecular complexity index is 555. The van der Waals surface area contributed by atoms with E-state index in [0.717, 1.165) is 30.3 Å². The average molecular weight is 276 g/mol. The van der Waals surface area contributed by atoms with E-state index in [2.05, 4.69) is 27.4 Å². The monoisotopic (exact) mass is 276 g/mol. The molecule has 0 spiro atoms. The van der Waals surface area contributed by atoms with Crippen LogP contribution in [-0.2, 0) is 13.1 Å². The van der Waals surface area contributed by atoms with Gasteiger partial charge in [-0.05, 0) is 18.8 Å². The minimum Gasteiger partial charge on any atom is -0.337 e. The molecule has 1 fully saturated rings. The Morgan fingerprint density at radius 1 is 1.35 bits per heavy atom. The van der Waals surface area contributed by atoms with Gasteiger partial charge < -0.3 is 10.3 Å². The maximum Gasteiger partial charge on any atom is 0.248 e. The van der Waals surface area contributed by atoms with Crippen LogP contribution >= 0.6 is 0 Å². The molecule has 1 saturated carbocycles. The molecule has 0 aliphatic heterocycles. The number of aromatic nitrogens is 5. The Morgan fingerprint density at radius 2 is 2.15 bits per heavy atom. The summed E-state index contributed by atoms with van der Waals surface area (Å²) in [6.45, 7) is 3.14. The van der Waals surface area contributed by atoms with Crippen LogP contribution in [0.1, 0.15) is 55.9 Å². The molecule has 0 bridgehead atoms. The van der Waals surface area contributed by atoms with Crippen molar-refractivity contribution in [2.45, 2.75) is 51.6 Å². The van der Waals surface area contributed by atoms with E-state index >= 15 is 0 Å². The van der Waals surface area contributed by atoms with Gasteiger partial charge in [0.15, 0.2) is 5.82 Å². The Labute approximate surface area is 117 Å². The van der Waals surface area contributed by atoms with Crippen molar-refractivity contribution in [1.29, 1.82) is 0 Å². The molecule has 2 heterocycles. The summed E-state index contributed by atoms with van der Waals surface area (Å²) in [4.78, 5) is 4.49. The van der Waals surface area contributed by atoms with E-state index in [0.29, 0.717) is 24.9 Å². The highest BCUT2D eigenvalue weighted by molar-refractivity contribution is 4.98. The number of hydrogen-bond donors (Lipinski definition) is 1. The number of nitrogens with two attached hydrogens (primary N) is 1. The van der Waals surface area contributed by atoms with Gasteiger partial charge in [0, 0.05) is 12.5 Å². The third-order valence-corrected chi connectivity index (χ3v) is 3.96. The zero-order valence-electron chi connectivity index (χ0n) is 11.7. The normalized spacial score (nSPS) is 23.1. The van der Waals surface area contributed by atoms with Gasteiger partial charge in [-0.1, -0.05) is 30.1 Å². The van der Waals surface area contributed by atoms with Crippen LogP contribution in [0.2, 0.25) is 0 Å². The van der Waals surface area contributed by atoms with Gasteiger partial charge in [-0.15, -0.1) is 5.10 Å². The molecule has 0 atom stereocenters. The molecule has 108 valence electrons. The summed E-state index contributed by atoms with van der Waals surface area (Å²) < 4.78 is 6.98. The minimum absolute atomic E-state index is 0.384. The highest BCUT2D eigenvalue weighted by atomic mass is 16.5. The summed E-state index contributed by atoms with van der Waals surface area (Å²) in [6, 6.07) is 0. The maximum absolute atomic E-state index is 5.50. The molecular formula is C13H20N6O. The Kier molecular flexibility index (Phi) is 3.77. The molecule has 0 amide bonds. The lowest BCUT2D eigenvalue weighted by atomic mass is 9.83. The van der Waals surface area contributed by atoms with E-state index in [1.54, 1.807) is 10.9 Å². The van der Waals surface area contributed by atoms with Gasteiger partial charge >= 0.3 is 0 Å². The molecule has 2 aromatic heterocycles. The third-order valence-electron chi connectivity index (χ3n) is 3.96. The van der Waals surface area contributed by atoms with E-state index < -0.39 is 0 Å². The highest BCUT2D eigenvalue weighted by Crippen LogP contribution is 2.33. The number of hydrogen-bond acceptors (Lipinski definition) is 6. The van der Waals surface area contributed by atoms with Crippen molar-refractivity contribution in [2.24, 2.45) is 11.7 Å². The zero-order valence-corrected chi connectivity index (χ0v) is 11.7. The van der Waals surface area contributed by atoms with Crippen molar-refractivity contribution in [1.82, 2.24) is 25.1 Å². The maximum atomic E-state index is 5.50. The lowest BCUT2D eigenvalue weighted by Gasteiger charge is -2.23. The van der Waals surface area contributed by atoms with Gasteiger partial charge in [-0.3, -0.25) is 0 Å². The molecule has 0 unspecified atom stereocenters. The summed E-state index contributed by atoms with van der Waals surface area (Å²) in [5.74, 6) is 2.68. The summed E-state index contributed by atoms with van der Waals surface area (Å²) in [6.07, 6.45) is 6.60. The second-order valence-electron chi connectivity index (χ2n) is 5.61. The van der Waals surface area contributed by atoms with Crippen molar-refractivity contribution in [3.05, 3.63) is 23.6 Å². The fourth-order valence-electron chi connectivity index (χ4n) is 2.66. The molecular weight excluding hydrogens is 256 g/mol. The first-order valence-electron chi connectivity index (χ1n) is 7.16. The highest BCUT2D eigenvalue weighted by Gasteiger charge is 2.24. The summed E-state index contributed by atoms with van der Waals surface area (Å²) >= 11 is 0. The van der Waals surface area contributed by atoms with Crippen molar-refractivity contribution >= 4 is 0 Å². The lowest BCUT2D eigenvalue weighted by molar-refractivity contribution is 0.321. The lowest BCUT2D eigenvalue weighted by Crippen LogP contribution is -2.12. The van der Waals surface area contributed by atoms with E-state index in [-0.39, 0.29) is 0 Å². The summed E-state index contributed by atoms with van der Waals surface area (Å²) in [7, 11) is 0. The van der Waals surface area contributed by atoms with E-state index in [1.807, 2.05) is 0 Å². The molecule has 7 heteroatoms. The molecule has 2 N–H and O–H groups in total. The molecule has 3 rings (SSSR count). The molecule has 7 nitrogen and oxygen atoms in total. The smallest absolute Gasteiger partial charge is 0.248 e. The Morgan fingerprint density at radius 3 is 2.85 bits per heavy atom. The Balaban J connectivity index is 1.64. The van der Waals surface area contributed by atoms with Crippen LogP contribution in [-0.4, -0.2) is 25.1 Å². The van der Waals surface area contributed by atoms with Crippen LogP contribution in [0.15, 0.2) is 10.7 Å². The SMILES string of the molecule is CC1CCC(c2noc(Cn3cc(CN)nn3)n2)CC1. The first kappa shape index (κ1) is 13.2. The fraction of sp³-hybridized carbons (Fsp3) is 0.692. The number of nitrogens with zero attached hydrogens (tertiary/aromatic N) is 5. The largest absolute Gasteiger partial charge is 0.337 e.